The first-order valence-electron chi connectivity index (χ1n) is 11.9. The first kappa shape index (κ1) is 26.4. The summed E-state index contributed by atoms with van der Waals surface area (Å²) < 4.78 is 30.3. The third kappa shape index (κ3) is 5.23. The lowest BCUT2D eigenvalue weighted by Crippen LogP contribution is -2.56. The smallest absolute Gasteiger partial charge is 0.241 e. The third-order valence-corrected chi connectivity index (χ3v) is 8.38. The Kier molecular flexibility index (Phi) is 8.26. The maximum atomic E-state index is 13.7. The predicted molar refractivity (Wildman–Crippen MR) is 135 cm³/mol. The van der Waals surface area contributed by atoms with Gasteiger partial charge in [0.1, 0.15) is 0 Å². The molecule has 2 atom stereocenters. The largest absolute Gasteiger partial charge is 0.733 e. The van der Waals surface area contributed by atoms with Crippen LogP contribution in [0.15, 0.2) is 47.4 Å². The summed E-state index contributed by atoms with van der Waals surface area (Å²) in [6, 6.07) is 11.5. The highest BCUT2D eigenvalue weighted by atomic mass is 32.2. The zero-order valence-corrected chi connectivity index (χ0v) is 21.2. The van der Waals surface area contributed by atoms with Gasteiger partial charge in [0.15, 0.2) is 0 Å². The Balaban J connectivity index is 2.33. The van der Waals surface area contributed by atoms with E-state index in [1.165, 1.54) is 12.1 Å². The Morgan fingerprint density at radius 2 is 1.68 bits per heavy atom. The van der Waals surface area contributed by atoms with Gasteiger partial charge in [-0.05, 0) is 54.3 Å². The van der Waals surface area contributed by atoms with Crippen LogP contribution in [0.25, 0.3) is 0 Å². The molecule has 188 valence electrons. The summed E-state index contributed by atoms with van der Waals surface area (Å²) >= 11 is 0. The molecule has 0 unspecified atom stereocenters. The molecule has 34 heavy (non-hydrogen) atoms. The van der Waals surface area contributed by atoms with Gasteiger partial charge in [-0.3, -0.25) is 5.21 Å². The predicted octanol–water partition coefficient (Wildman–Crippen LogP) is 4.35. The van der Waals surface area contributed by atoms with Crippen LogP contribution in [0.4, 0.5) is 11.4 Å². The Labute approximate surface area is 202 Å². The molecule has 0 amide bonds. The average molecular weight is 491 g/mol. The van der Waals surface area contributed by atoms with E-state index in [0.29, 0.717) is 24.0 Å². The standard InChI is InChI=1S/C25H36N3O5S/c1-5-7-14-25(15-8-6-2)24(29)23(18-10-9-11-20(16-18)28(30)31)21-17-19(27(3)4)12-13-22(21)34(32,33)26-25/h9-13,16-17,23-24,26,29-30H,5-8,14-15H2,1-4H3/q-1/t23-,24+/m1/s1. The van der Waals surface area contributed by atoms with Crippen LogP contribution in [0.5, 0.6) is 0 Å². The summed E-state index contributed by atoms with van der Waals surface area (Å²) in [6.07, 6.45) is 3.10. The number of nitrogens with one attached hydrogen (secondary N) is 1. The lowest BCUT2D eigenvalue weighted by molar-refractivity contribution is 0.0470. The molecular weight excluding hydrogens is 454 g/mol. The lowest BCUT2D eigenvalue weighted by atomic mass is 9.73. The van der Waals surface area contributed by atoms with Gasteiger partial charge >= 0.3 is 0 Å². The van der Waals surface area contributed by atoms with Crippen LogP contribution in [-0.4, -0.2) is 44.5 Å². The van der Waals surface area contributed by atoms with Gasteiger partial charge < -0.3 is 20.4 Å². The van der Waals surface area contributed by atoms with Gasteiger partial charge in [0, 0.05) is 25.7 Å². The lowest BCUT2D eigenvalue weighted by Gasteiger charge is -2.40. The monoisotopic (exact) mass is 490 g/mol. The van der Waals surface area contributed by atoms with Gasteiger partial charge in [-0.25, -0.2) is 13.1 Å². The summed E-state index contributed by atoms with van der Waals surface area (Å²) in [4.78, 5) is 1.99. The maximum absolute atomic E-state index is 13.7. The SMILES string of the molecule is CCCCC1(CCCC)NS(=O)(=O)c2ccc(N(C)C)cc2[C@@H](c2cccc(N([O-])O)c2)[C@@H]1O. The number of sulfonamides is 1. The molecule has 2 aromatic rings. The molecular formula is C25H36N3O5S-. The van der Waals surface area contributed by atoms with Crippen LogP contribution in [0.2, 0.25) is 0 Å². The number of fused-ring (bicyclic) bond motifs is 1. The van der Waals surface area contributed by atoms with E-state index in [1.54, 1.807) is 30.3 Å². The summed E-state index contributed by atoms with van der Waals surface area (Å²) in [6.45, 7) is 4.07. The highest BCUT2D eigenvalue weighted by Crippen LogP contribution is 2.45. The molecule has 3 rings (SSSR count). The summed E-state index contributed by atoms with van der Waals surface area (Å²) in [5.41, 5.74) is 0.772. The second-order valence-electron chi connectivity index (χ2n) is 9.38. The van der Waals surface area contributed by atoms with E-state index in [4.69, 9.17) is 0 Å². The molecule has 0 bridgehead atoms. The van der Waals surface area contributed by atoms with Crippen LogP contribution in [-0.2, 0) is 10.0 Å². The number of nitrogens with zero attached hydrogens (tertiary/aromatic N) is 2. The van der Waals surface area contributed by atoms with Crippen molar-refractivity contribution >= 4 is 21.4 Å². The van der Waals surface area contributed by atoms with E-state index >= 15 is 0 Å². The number of unbranched alkanes of at least 4 members (excludes halogenated alkanes) is 2. The van der Waals surface area contributed by atoms with Gasteiger partial charge in [-0.2, -0.15) is 0 Å². The fraction of sp³-hybridized carbons (Fsp3) is 0.520. The van der Waals surface area contributed by atoms with Crippen LogP contribution in [0.1, 0.15) is 69.4 Å². The van der Waals surface area contributed by atoms with Crippen LogP contribution in [0, 0.1) is 5.21 Å². The Morgan fingerprint density at radius 1 is 1.03 bits per heavy atom. The van der Waals surface area contributed by atoms with Gasteiger partial charge in [0.25, 0.3) is 0 Å². The number of aliphatic hydroxyl groups is 1. The molecule has 2 aromatic carbocycles. The first-order chi connectivity index (χ1) is 16.1. The van der Waals surface area contributed by atoms with Crippen molar-refractivity contribution in [3.8, 4) is 0 Å². The fourth-order valence-electron chi connectivity index (χ4n) is 4.88. The van der Waals surface area contributed by atoms with Crippen molar-refractivity contribution in [2.75, 3.05) is 24.2 Å². The Hall–Kier alpha value is -2.17. The van der Waals surface area contributed by atoms with Crippen molar-refractivity contribution in [1.29, 1.82) is 0 Å². The highest BCUT2D eigenvalue weighted by Gasteiger charge is 2.49. The summed E-state index contributed by atoms with van der Waals surface area (Å²) in [5.74, 6) is -0.728. The minimum absolute atomic E-state index is 0.0165. The first-order valence-corrected chi connectivity index (χ1v) is 13.3. The van der Waals surface area contributed by atoms with Crippen molar-refractivity contribution < 1.29 is 18.7 Å². The van der Waals surface area contributed by atoms with Crippen molar-refractivity contribution in [3.05, 3.63) is 58.8 Å². The average Bonchev–Trinajstić information content (AvgIpc) is 2.87. The molecule has 0 spiro atoms. The normalized spacial score (nSPS) is 20.9. The van der Waals surface area contributed by atoms with E-state index in [2.05, 4.69) is 4.72 Å². The van der Waals surface area contributed by atoms with E-state index in [-0.39, 0.29) is 15.8 Å². The van der Waals surface area contributed by atoms with Crippen molar-refractivity contribution in [3.63, 3.8) is 0 Å². The number of benzene rings is 2. The molecule has 9 heteroatoms. The van der Waals surface area contributed by atoms with E-state index < -0.39 is 27.6 Å². The number of rotatable bonds is 9. The van der Waals surface area contributed by atoms with E-state index in [9.17, 15) is 23.9 Å². The second kappa shape index (κ2) is 10.6. The number of anilines is 2. The quantitative estimate of drug-likeness (QED) is 0.448. The molecule has 0 saturated carbocycles. The molecule has 8 nitrogen and oxygen atoms in total. The Morgan fingerprint density at radius 3 is 2.24 bits per heavy atom. The fourth-order valence-corrected chi connectivity index (χ4v) is 6.59. The van der Waals surface area contributed by atoms with Crippen molar-refractivity contribution in [2.45, 2.75) is 74.8 Å². The van der Waals surface area contributed by atoms with Crippen LogP contribution < -0.4 is 14.8 Å². The highest BCUT2D eigenvalue weighted by molar-refractivity contribution is 7.89. The molecule has 3 N–H and O–H groups in total. The molecule has 1 heterocycles. The minimum Gasteiger partial charge on any atom is -0.733 e. The second-order valence-corrected chi connectivity index (χ2v) is 11.0. The number of hydrogen-bond donors (Lipinski definition) is 3. The maximum Gasteiger partial charge on any atom is 0.241 e. The topological polar surface area (TPSA) is 116 Å². The van der Waals surface area contributed by atoms with E-state index in [1.807, 2.05) is 32.8 Å². The van der Waals surface area contributed by atoms with E-state index in [0.717, 1.165) is 31.4 Å². The molecule has 0 aliphatic carbocycles. The molecule has 0 fully saturated rings. The summed E-state index contributed by atoms with van der Waals surface area (Å²) in [7, 11) is -0.207. The van der Waals surface area contributed by atoms with Crippen LogP contribution >= 0.6 is 0 Å². The van der Waals surface area contributed by atoms with Gasteiger partial charge in [-0.1, -0.05) is 51.7 Å². The third-order valence-electron chi connectivity index (χ3n) is 6.76. The Bertz CT molecular complexity index is 1080. The number of aliphatic hydroxyl groups excluding tert-OH is 1. The van der Waals surface area contributed by atoms with Crippen molar-refractivity contribution in [2.24, 2.45) is 0 Å². The molecule has 0 saturated heterocycles. The zero-order chi connectivity index (χ0) is 25.1. The van der Waals surface area contributed by atoms with Gasteiger partial charge in [0.2, 0.25) is 10.0 Å². The molecule has 1 aliphatic rings. The zero-order valence-electron chi connectivity index (χ0n) is 20.4. The molecule has 0 aromatic heterocycles. The van der Waals surface area contributed by atoms with Crippen molar-refractivity contribution in [1.82, 2.24) is 4.72 Å². The minimum atomic E-state index is -3.94. The van der Waals surface area contributed by atoms with Gasteiger partial charge in [0.05, 0.1) is 22.2 Å². The van der Waals surface area contributed by atoms with Crippen LogP contribution in [0.3, 0.4) is 0 Å². The summed E-state index contributed by atoms with van der Waals surface area (Å²) in [5, 5.41) is 32.9. The molecule has 1 aliphatic heterocycles. The van der Waals surface area contributed by atoms with Gasteiger partial charge in [-0.15, -0.1) is 0 Å². The number of hydrogen-bond acceptors (Lipinski definition) is 7. The molecule has 0 radical (unpaired) electrons.